The van der Waals surface area contributed by atoms with Crippen molar-refractivity contribution in [1.82, 2.24) is 20.1 Å². The van der Waals surface area contributed by atoms with E-state index in [9.17, 15) is 13.7 Å². The molecule has 1 aromatic heterocycles. The number of hydrogen-bond donors (Lipinski definition) is 1. The SMILES string of the molecule is CCOc1ccc(OC)cc1C1(N2CCC(N3CCNCC3)CC2)C(=O)N(S(=O)(=O)c2ccc(OC)cn2)c2ccc(C#N)cc21. The predicted octanol–water partition coefficient (Wildman–Crippen LogP) is 2.72. The lowest BCUT2D eigenvalue weighted by atomic mass is 9.79. The Morgan fingerprint density at radius 2 is 1.70 bits per heavy atom. The molecule has 2 aromatic carbocycles. The zero-order valence-corrected chi connectivity index (χ0v) is 27.0. The normalized spacial score (nSPS) is 21.1. The van der Waals surface area contributed by atoms with Crippen LogP contribution in [0.25, 0.3) is 0 Å². The smallest absolute Gasteiger partial charge is 0.288 e. The van der Waals surface area contributed by atoms with E-state index in [-0.39, 0.29) is 10.7 Å². The van der Waals surface area contributed by atoms with Crippen LogP contribution in [-0.2, 0) is 20.4 Å². The number of pyridine rings is 1. The predicted molar refractivity (Wildman–Crippen MR) is 171 cm³/mol. The first-order chi connectivity index (χ1) is 22.3. The molecular weight excluding hydrogens is 608 g/mol. The summed E-state index contributed by atoms with van der Waals surface area (Å²) in [6.45, 7) is 6.95. The molecule has 0 saturated carbocycles. The minimum atomic E-state index is -4.51. The number of fused-ring (bicyclic) bond motifs is 1. The third kappa shape index (κ3) is 5.25. The van der Waals surface area contributed by atoms with Crippen LogP contribution in [0, 0.1) is 11.3 Å². The zero-order valence-electron chi connectivity index (χ0n) is 26.2. The molecule has 242 valence electrons. The molecular formula is C33H38N6O6S. The molecule has 0 aliphatic carbocycles. The molecule has 12 nitrogen and oxygen atoms in total. The molecule has 13 heteroatoms. The van der Waals surface area contributed by atoms with Gasteiger partial charge in [-0.05, 0) is 68.3 Å². The first-order valence-electron chi connectivity index (χ1n) is 15.4. The molecule has 0 radical (unpaired) electrons. The van der Waals surface area contributed by atoms with Crippen molar-refractivity contribution >= 4 is 21.6 Å². The van der Waals surface area contributed by atoms with Gasteiger partial charge >= 0.3 is 0 Å². The van der Waals surface area contributed by atoms with Gasteiger partial charge in [-0.15, -0.1) is 0 Å². The van der Waals surface area contributed by atoms with Gasteiger partial charge in [0.2, 0.25) is 0 Å². The summed E-state index contributed by atoms with van der Waals surface area (Å²) in [7, 11) is -1.51. The van der Waals surface area contributed by atoms with Crippen molar-refractivity contribution in [2.24, 2.45) is 0 Å². The molecule has 0 spiro atoms. The van der Waals surface area contributed by atoms with Gasteiger partial charge in [-0.3, -0.25) is 14.6 Å². The van der Waals surface area contributed by atoms with E-state index in [1.807, 2.05) is 6.92 Å². The Morgan fingerprint density at radius 3 is 2.33 bits per heavy atom. The highest BCUT2D eigenvalue weighted by molar-refractivity contribution is 7.93. The monoisotopic (exact) mass is 646 g/mol. The van der Waals surface area contributed by atoms with Gasteiger partial charge in [-0.2, -0.15) is 18.0 Å². The van der Waals surface area contributed by atoms with E-state index in [1.54, 1.807) is 24.3 Å². The van der Waals surface area contributed by atoms with Crippen LogP contribution in [0.4, 0.5) is 5.69 Å². The fraction of sp³-hybridized carbons (Fsp3) is 0.424. The molecule has 1 amide bonds. The topological polar surface area (TPSA) is 137 Å². The van der Waals surface area contributed by atoms with Crippen LogP contribution in [0.5, 0.6) is 17.2 Å². The van der Waals surface area contributed by atoms with Crippen LogP contribution in [0.3, 0.4) is 0 Å². The minimum absolute atomic E-state index is 0.163. The highest BCUT2D eigenvalue weighted by Gasteiger charge is 2.61. The van der Waals surface area contributed by atoms with Gasteiger partial charge in [-0.25, -0.2) is 4.98 Å². The summed E-state index contributed by atoms with van der Waals surface area (Å²) >= 11 is 0. The highest BCUT2D eigenvalue weighted by atomic mass is 32.2. The second kappa shape index (κ2) is 12.9. The van der Waals surface area contributed by atoms with Crippen molar-refractivity contribution in [3.05, 3.63) is 71.4 Å². The summed E-state index contributed by atoms with van der Waals surface area (Å²) in [5.74, 6) is 0.601. The number of piperazine rings is 1. The molecule has 3 aliphatic heterocycles. The Labute approximate surface area is 269 Å². The lowest BCUT2D eigenvalue weighted by molar-refractivity contribution is -0.127. The molecule has 2 saturated heterocycles. The molecule has 6 rings (SSSR count). The number of carbonyl (C=O) groups is 1. The molecule has 0 bridgehead atoms. The number of nitrogens with zero attached hydrogens (tertiary/aromatic N) is 5. The number of piperidine rings is 1. The standard InChI is InChI=1S/C33H38N6O6S/c1-4-45-30-9-6-25(43-2)20-28(30)33(38-15-11-24(12-16-38)37-17-13-35-14-18-37)27-19-23(21-34)5-8-29(27)39(32(33)40)46(41,42)31-10-7-26(44-3)22-36-31/h5-10,19-20,22,24,35H,4,11-18H2,1-3H3. The third-order valence-corrected chi connectivity index (χ3v) is 10.8. The maximum atomic E-state index is 15.3. The number of benzene rings is 2. The number of aromatic nitrogens is 1. The van der Waals surface area contributed by atoms with Crippen molar-refractivity contribution in [2.75, 3.05) is 64.4 Å². The summed E-state index contributed by atoms with van der Waals surface area (Å²) in [5, 5.41) is 13.1. The molecule has 1 unspecified atom stereocenters. The zero-order chi connectivity index (χ0) is 32.5. The van der Waals surface area contributed by atoms with Gasteiger partial charge in [0.25, 0.3) is 15.9 Å². The van der Waals surface area contributed by atoms with Crippen LogP contribution in [-0.4, -0.2) is 95.2 Å². The van der Waals surface area contributed by atoms with E-state index in [0.29, 0.717) is 59.7 Å². The van der Waals surface area contributed by atoms with Crippen molar-refractivity contribution in [3.8, 4) is 23.3 Å². The van der Waals surface area contributed by atoms with E-state index < -0.39 is 21.5 Å². The van der Waals surface area contributed by atoms with Gasteiger partial charge in [0.1, 0.15) is 17.2 Å². The van der Waals surface area contributed by atoms with E-state index in [2.05, 4.69) is 26.2 Å². The number of ether oxygens (including phenoxy) is 3. The number of sulfonamides is 1. The van der Waals surface area contributed by atoms with Crippen LogP contribution in [0.1, 0.15) is 36.5 Å². The number of nitriles is 1. The Morgan fingerprint density at radius 1 is 0.978 bits per heavy atom. The molecule has 46 heavy (non-hydrogen) atoms. The summed E-state index contributed by atoms with van der Waals surface area (Å²) in [6.07, 6.45) is 2.86. The van der Waals surface area contributed by atoms with E-state index in [4.69, 9.17) is 14.2 Å². The molecule has 4 heterocycles. The van der Waals surface area contributed by atoms with Gasteiger partial charge in [0.15, 0.2) is 10.6 Å². The number of rotatable bonds is 9. The molecule has 1 N–H and O–H groups in total. The lowest BCUT2D eigenvalue weighted by Gasteiger charge is -2.47. The van der Waals surface area contributed by atoms with Crippen LogP contribution < -0.4 is 23.8 Å². The van der Waals surface area contributed by atoms with Crippen LogP contribution in [0.2, 0.25) is 0 Å². The fourth-order valence-corrected chi connectivity index (χ4v) is 8.35. The Bertz CT molecular complexity index is 1750. The van der Waals surface area contributed by atoms with Gasteiger partial charge in [0, 0.05) is 56.4 Å². The second-order valence-corrected chi connectivity index (χ2v) is 13.2. The highest BCUT2D eigenvalue weighted by Crippen LogP contribution is 2.54. The number of anilines is 1. The Balaban J connectivity index is 1.56. The first kappa shape index (κ1) is 31.7. The van der Waals surface area contributed by atoms with Gasteiger partial charge in [-0.1, -0.05) is 0 Å². The van der Waals surface area contributed by atoms with Gasteiger partial charge < -0.3 is 19.5 Å². The van der Waals surface area contributed by atoms with Crippen LogP contribution in [0.15, 0.2) is 59.8 Å². The van der Waals surface area contributed by atoms with Crippen LogP contribution >= 0.6 is 0 Å². The third-order valence-electron chi connectivity index (χ3n) is 9.16. The Kier molecular flexibility index (Phi) is 8.89. The van der Waals surface area contributed by atoms with Crippen molar-refractivity contribution in [1.29, 1.82) is 5.26 Å². The second-order valence-electron chi connectivity index (χ2n) is 11.5. The van der Waals surface area contributed by atoms with Crippen molar-refractivity contribution in [2.45, 2.75) is 36.4 Å². The quantitative estimate of drug-likeness (QED) is 0.367. The molecule has 3 aromatic rings. The maximum absolute atomic E-state index is 15.3. The van der Waals surface area contributed by atoms with Crippen molar-refractivity contribution in [3.63, 3.8) is 0 Å². The fourth-order valence-electron chi connectivity index (χ4n) is 6.97. The number of likely N-dealkylation sites (tertiary alicyclic amines) is 1. The van der Waals surface area contributed by atoms with Gasteiger partial charge in [0.05, 0.1) is 44.3 Å². The maximum Gasteiger partial charge on any atom is 0.288 e. The summed E-state index contributed by atoms with van der Waals surface area (Å²) < 4.78 is 46.6. The average Bonchev–Trinajstić information content (AvgIpc) is 3.37. The minimum Gasteiger partial charge on any atom is -0.497 e. The van der Waals surface area contributed by atoms with E-state index in [1.165, 1.54) is 44.7 Å². The Hall–Kier alpha value is -4.22. The first-order valence-corrected chi connectivity index (χ1v) is 16.9. The number of carbonyl (C=O) groups excluding carboxylic acids is 1. The van der Waals surface area contributed by atoms with E-state index >= 15 is 4.79 Å². The molecule has 2 fully saturated rings. The largest absolute Gasteiger partial charge is 0.497 e. The molecule has 3 aliphatic rings. The number of amides is 1. The number of hydrogen-bond acceptors (Lipinski definition) is 11. The van der Waals surface area contributed by atoms with Crippen molar-refractivity contribution < 1.29 is 27.4 Å². The van der Waals surface area contributed by atoms with E-state index in [0.717, 1.165) is 43.3 Å². The lowest BCUT2D eigenvalue weighted by Crippen LogP contribution is -2.59. The summed E-state index contributed by atoms with van der Waals surface area (Å²) in [4.78, 5) is 24.0. The number of methoxy groups -OCH3 is 2. The summed E-state index contributed by atoms with van der Waals surface area (Å²) in [6, 6.07) is 15.2. The summed E-state index contributed by atoms with van der Waals surface area (Å²) in [5.41, 5.74) is -0.334. The molecule has 1 atom stereocenters. The number of nitrogens with one attached hydrogen (secondary N) is 1. The average molecular weight is 647 g/mol.